The number of alkyl halides is 3. The number of likely N-dealkylation sites (N-methyl/N-ethyl adjacent to an activating group) is 1. The van der Waals surface area contributed by atoms with Crippen LogP contribution in [0.15, 0.2) is 24.3 Å². The number of Topliss-reactive ketones (excluding diaryl/α,β-unsaturated/α-hetero) is 1. The molecule has 1 N–H and O–H groups in total. The molecule has 5 nitrogen and oxygen atoms in total. The number of rotatable bonds is 6. The normalized spacial score (nSPS) is 17.9. The summed E-state index contributed by atoms with van der Waals surface area (Å²) in [6.45, 7) is 2.49. The van der Waals surface area contributed by atoms with Crippen molar-refractivity contribution in [2.45, 2.75) is 25.9 Å². The van der Waals surface area contributed by atoms with Crippen molar-refractivity contribution in [3.05, 3.63) is 35.4 Å². The molecule has 0 aromatic heterocycles. The Hall–Kier alpha value is -2.38. The third-order valence-corrected chi connectivity index (χ3v) is 4.14. The summed E-state index contributed by atoms with van der Waals surface area (Å²) < 4.78 is 37.4. The molecule has 1 aromatic rings. The summed E-state index contributed by atoms with van der Waals surface area (Å²) in [5.41, 5.74) is 0.0287. The number of nitrogens with zero attached hydrogens (tertiary/aromatic N) is 1. The molecular weight excluding hydrogens is 337 g/mol. The Balaban J connectivity index is 1.77. The van der Waals surface area contributed by atoms with Crippen molar-refractivity contribution in [2.75, 3.05) is 19.6 Å². The first-order valence-electron chi connectivity index (χ1n) is 8.01. The molecule has 1 heterocycles. The molecule has 1 atom stereocenters. The van der Waals surface area contributed by atoms with Crippen molar-refractivity contribution in [1.82, 2.24) is 10.2 Å². The highest BCUT2D eigenvalue weighted by Gasteiger charge is 2.42. The highest BCUT2D eigenvalue weighted by atomic mass is 19.4. The summed E-state index contributed by atoms with van der Waals surface area (Å²) in [6, 6.07) is 4.86. The van der Waals surface area contributed by atoms with Gasteiger partial charge in [-0.1, -0.05) is 12.1 Å². The van der Waals surface area contributed by atoms with E-state index in [9.17, 15) is 27.6 Å². The monoisotopic (exact) mass is 356 g/mol. The largest absolute Gasteiger partial charge is 0.416 e. The van der Waals surface area contributed by atoms with Crippen molar-refractivity contribution in [3.8, 4) is 0 Å². The van der Waals surface area contributed by atoms with Gasteiger partial charge in [0.05, 0.1) is 5.56 Å². The van der Waals surface area contributed by atoms with Gasteiger partial charge in [-0.05, 0) is 37.5 Å². The van der Waals surface area contributed by atoms with Gasteiger partial charge in [-0.15, -0.1) is 0 Å². The first-order valence-corrected chi connectivity index (χ1v) is 8.01. The minimum absolute atomic E-state index is 0.0961. The van der Waals surface area contributed by atoms with Crippen LogP contribution in [0.5, 0.6) is 0 Å². The number of aryl methyl sites for hydroxylation is 1. The molecule has 0 bridgehead atoms. The van der Waals surface area contributed by atoms with Gasteiger partial charge >= 0.3 is 6.18 Å². The number of hydrogen-bond donors (Lipinski definition) is 1. The Morgan fingerprint density at radius 2 is 1.88 bits per heavy atom. The molecule has 25 heavy (non-hydrogen) atoms. The zero-order valence-corrected chi connectivity index (χ0v) is 13.7. The summed E-state index contributed by atoms with van der Waals surface area (Å²) in [4.78, 5) is 36.6. The smallest absolute Gasteiger partial charge is 0.355 e. The molecule has 0 radical (unpaired) electrons. The minimum Gasteiger partial charge on any atom is -0.355 e. The number of likely N-dealkylation sites (tertiary alicyclic amines) is 1. The van der Waals surface area contributed by atoms with Gasteiger partial charge in [0.1, 0.15) is 5.92 Å². The lowest BCUT2D eigenvalue weighted by Gasteiger charge is -2.12. The Bertz CT molecular complexity index is 656. The molecule has 0 spiro atoms. The number of carbonyl (C=O) groups excluding carboxylic acids is 3. The lowest BCUT2D eigenvalue weighted by molar-refractivity contribution is -0.142. The summed E-state index contributed by atoms with van der Waals surface area (Å²) in [7, 11) is 0. The molecule has 1 fully saturated rings. The predicted octanol–water partition coefficient (Wildman–Crippen LogP) is 1.80. The second-order valence-corrected chi connectivity index (χ2v) is 5.85. The van der Waals surface area contributed by atoms with Gasteiger partial charge < -0.3 is 10.2 Å². The van der Waals surface area contributed by atoms with E-state index in [0.717, 1.165) is 17.7 Å². The van der Waals surface area contributed by atoms with Gasteiger partial charge in [-0.3, -0.25) is 14.4 Å². The van der Waals surface area contributed by atoms with Crippen LogP contribution in [0.4, 0.5) is 13.2 Å². The second-order valence-electron chi connectivity index (χ2n) is 5.85. The first kappa shape index (κ1) is 19.0. The molecular formula is C17H19F3N2O3. The number of hydrogen-bond acceptors (Lipinski definition) is 3. The van der Waals surface area contributed by atoms with E-state index in [-0.39, 0.29) is 13.1 Å². The van der Waals surface area contributed by atoms with Gasteiger partial charge in [0.15, 0.2) is 0 Å². The van der Waals surface area contributed by atoms with E-state index in [2.05, 4.69) is 5.32 Å². The lowest BCUT2D eigenvalue weighted by atomic mass is 10.1. The number of nitrogens with one attached hydrogen (secondary N) is 1. The van der Waals surface area contributed by atoms with Gasteiger partial charge in [0.25, 0.3) is 5.91 Å². The SMILES string of the molecule is CCN1CC(C(=O)NCCCc2ccc(C(F)(F)F)cc2)C(=O)C1=O. The number of carbonyl (C=O) groups is 3. The number of ketones is 1. The Kier molecular flexibility index (Phi) is 5.81. The average Bonchev–Trinajstić information content (AvgIpc) is 2.86. The minimum atomic E-state index is -4.36. The van der Waals surface area contributed by atoms with E-state index in [4.69, 9.17) is 0 Å². The van der Waals surface area contributed by atoms with E-state index >= 15 is 0 Å². The lowest BCUT2D eigenvalue weighted by Crippen LogP contribution is -2.36. The first-order chi connectivity index (χ1) is 11.7. The van der Waals surface area contributed by atoms with Crippen molar-refractivity contribution in [1.29, 1.82) is 0 Å². The van der Waals surface area contributed by atoms with E-state index in [0.29, 0.717) is 19.4 Å². The summed E-state index contributed by atoms with van der Waals surface area (Å²) >= 11 is 0. The van der Waals surface area contributed by atoms with Crippen LogP contribution in [-0.2, 0) is 27.0 Å². The van der Waals surface area contributed by atoms with E-state index in [1.807, 2.05) is 0 Å². The predicted molar refractivity (Wildman–Crippen MR) is 83.5 cm³/mol. The van der Waals surface area contributed by atoms with Crippen LogP contribution in [0.3, 0.4) is 0 Å². The molecule has 1 unspecified atom stereocenters. The third kappa shape index (κ3) is 4.58. The maximum absolute atomic E-state index is 12.5. The number of amides is 2. The highest BCUT2D eigenvalue weighted by Crippen LogP contribution is 2.29. The molecule has 1 aromatic carbocycles. The fourth-order valence-corrected chi connectivity index (χ4v) is 2.65. The van der Waals surface area contributed by atoms with Crippen LogP contribution in [0.2, 0.25) is 0 Å². The van der Waals surface area contributed by atoms with Crippen molar-refractivity contribution >= 4 is 17.6 Å². The zero-order valence-electron chi connectivity index (χ0n) is 13.7. The fourth-order valence-electron chi connectivity index (χ4n) is 2.65. The van der Waals surface area contributed by atoms with Crippen molar-refractivity contribution in [3.63, 3.8) is 0 Å². The summed E-state index contributed by atoms with van der Waals surface area (Å²) in [5.74, 6) is -2.78. The van der Waals surface area contributed by atoms with Gasteiger partial charge in [-0.25, -0.2) is 0 Å². The van der Waals surface area contributed by atoms with Crippen molar-refractivity contribution in [2.24, 2.45) is 5.92 Å². The van der Waals surface area contributed by atoms with E-state index in [1.54, 1.807) is 6.92 Å². The van der Waals surface area contributed by atoms with Crippen LogP contribution in [-0.4, -0.2) is 42.1 Å². The average molecular weight is 356 g/mol. The quantitative estimate of drug-likeness (QED) is 0.480. The number of benzene rings is 1. The molecule has 0 saturated carbocycles. The van der Waals surface area contributed by atoms with Crippen LogP contribution in [0.1, 0.15) is 24.5 Å². The third-order valence-electron chi connectivity index (χ3n) is 4.14. The summed E-state index contributed by atoms with van der Waals surface area (Å²) in [5, 5.41) is 2.61. The number of halogens is 3. The second kappa shape index (κ2) is 7.67. The fraction of sp³-hybridized carbons (Fsp3) is 0.471. The Labute approximate surface area is 143 Å². The van der Waals surface area contributed by atoms with Crippen molar-refractivity contribution < 1.29 is 27.6 Å². The topological polar surface area (TPSA) is 66.5 Å². The molecule has 1 saturated heterocycles. The Morgan fingerprint density at radius 1 is 1.24 bits per heavy atom. The maximum Gasteiger partial charge on any atom is 0.416 e. The molecule has 1 aliphatic heterocycles. The van der Waals surface area contributed by atoms with Crippen LogP contribution in [0, 0.1) is 5.92 Å². The molecule has 1 aliphatic rings. The maximum atomic E-state index is 12.5. The van der Waals surface area contributed by atoms with Crippen LogP contribution < -0.4 is 5.32 Å². The van der Waals surface area contributed by atoms with E-state index in [1.165, 1.54) is 17.0 Å². The van der Waals surface area contributed by atoms with Gasteiger partial charge in [-0.2, -0.15) is 13.2 Å². The summed E-state index contributed by atoms with van der Waals surface area (Å²) in [6.07, 6.45) is -3.34. The Morgan fingerprint density at radius 3 is 2.40 bits per heavy atom. The molecule has 136 valence electrons. The van der Waals surface area contributed by atoms with Crippen LogP contribution in [0.25, 0.3) is 0 Å². The van der Waals surface area contributed by atoms with Gasteiger partial charge in [0, 0.05) is 19.6 Å². The zero-order chi connectivity index (χ0) is 18.6. The van der Waals surface area contributed by atoms with Gasteiger partial charge in [0.2, 0.25) is 11.7 Å². The molecule has 8 heteroatoms. The molecule has 2 rings (SSSR count). The standard InChI is InChI=1S/C17H19F3N2O3/c1-2-22-10-13(14(23)16(22)25)15(24)21-9-3-4-11-5-7-12(8-6-11)17(18,19)20/h5-8,13H,2-4,9-10H2,1H3,(H,21,24). The highest BCUT2D eigenvalue weighted by molar-refractivity contribution is 6.42. The molecule has 2 amide bonds. The van der Waals surface area contributed by atoms with E-state index < -0.39 is 35.3 Å². The molecule has 0 aliphatic carbocycles. The van der Waals surface area contributed by atoms with Crippen LogP contribution >= 0.6 is 0 Å².